The van der Waals surface area contributed by atoms with Crippen molar-refractivity contribution in [3.8, 4) is 0 Å². The number of carbonyl (C=O) groups is 1. The number of methoxy groups -OCH3 is 1. The van der Waals surface area contributed by atoms with Crippen LogP contribution in [0.3, 0.4) is 0 Å². The van der Waals surface area contributed by atoms with Gasteiger partial charge in [-0.05, 0) is 44.5 Å². The zero-order valence-electron chi connectivity index (χ0n) is 15.3. The zero-order chi connectivity index (χ0) is 20.3. The first kappa shape index (κ1) is 21.1. The number of hydrogen-bond donors (Lipinski definition) is 0. The molecule has 8 heteroatoms. The maximum Gasteiger partial charge on any atom is 0.311 e. The van der Waals surface area contributed by atoms with Gasteiger partial charge in [-0.15, -0.1) is 0 Å². The highest BCUT2D eigenvalue weighted by atomic mass is 32.3. The Morgan fingerprint density at radius 1 is 0.852 bits per heavy atom. The number of esters is 1. The van der Waals surface area contributed by atoms with Crippen molar-refractivity contribution in [3.63, 3.8) is 0 Å². The van der Waals surface area contributed by atoms with Crippen molar-refractivity contribution in [2.45, 2.75) is 34.6 Å². The molecule has 2 aromatic carbocycles. The molecule has 6 nitrogen and oxygen atoms in total. The van der Waals surface area contributed by atoms with Gasteiger partial charge in [0.1, 0.15) is 0 Å². The molecular weight excluding hydrogens is 388 g/mol. The minimum Gasteiger partial charge on any atom is -0.469 e. The monoisotopic (exact) mass is 410 g/mol. The van der Waals surface area contributed by atoms with Crippen molar-refractivity contribution in [1.29, 1.82) is 0 Å². The Bertz CT molecular complexity index is 925. The van der Waals surface area contributed by atoms with E-state index < -0.39 is 42.1 Å². The first-order valence-corrected chi connectivity index (χ1v) is 11.3. The maximum atomic E-state index is 13.2. The van der Waals surface area contributed by atoms with Crippen LogP contribution in [-0.4, -0.2) is 34.5 Å². The number of rotatable bonds is 7. The summed E-state index contributed by atoms with van der Waals surface area (Å²) in [4.78, 5) is 11.9. The quantitative estimate of drug-likeness (QED) is 0.652. The van der Waals surface area contributed by atoms with Gasteiger partial charge >= 0.3 is 5.97 Å². The van der Waals surface area contributed by atoms with Gasteiger partial charge in [0.25, 0.3) is 0 Å². The third-order valence-corrected chi connectivity index (χ3v) is 9.35. The molecule has 0 N–H and O–H groups in total. The molecule has 2 rings (SSSR count). The smallest absolute Gasteiger partial charge is 0.311 e. The van der Waals surface area contributed by atoms with E-state index in [1.54, 1.807) is 12.1 Å². The molecule has 27 heavy (non-hydrogen) atoms. The Kier molecular flexibility index (Phi) is 6.11. The summed E-state index contributed by atoms with van der Waals surface area (Å²) >= 11 is 0. The summed E-state index contributed by atoms with van der Waals surface area (Å²) in [5.74, 6) is -0.681. The second-order valence-electron chi connectivity index (χ2n) is 6.73. The molecule has 0 bridgehead atoms. The number of ether oxygens (including phenoxy) is 1. The fourth-order valence-electron chi connectivity index (χ4n) is 2.69. The van der Waals surface area contributed by atoms with E-state index in [9.17, 15) is 21.6 Å². The van der Waals surface area contributed by atoms with Gasteiger partial charge in [-0.2, -0.15) is 0 Å². The molecule has 0 radical (unpaired) electrons. The largest absolute Gasteiger partial charge is 0.469 e. The van der Waals surface area contributed by atoms with Gasteiger partial charge in [-0.25, -0.2) is 16.8 Å². The van der Waals surface area contributed by atoms with Crippen LogP contribution in [0.15, 0.2) is 70.5 Å². The van der Waals surface area contributed by atoms with Crippen LogP contribution in [-0.2, 0) is 29.2 Å². The predicted molar refractivity (Wildman–Crippen MR) is 101 cm³/mol. The third kappa shape index (κ3) is 4.39. The van der Waals surface area contributed by atoms with E-state index in [1.807, 2.05) is 0 Å². The van der Waals surface area contributed by atoms with E-state index in [1.165, 1.54) is 69.5 Å². The van der Waals surface area contributed by atoms with E-state index in [0.29, 0.717) is 0 Å². The molecule has 0 saturated carbocycles. The molecule has 0 aliphatic rings. The van der Waals surface area contributed by atoms with Gasteiger partial charge in [0.15, 0.2) is 24.3 Å². The summed E-state index contributed by atoms with van der Waals surface area (Å²) < 4.78 is 55.7. The van der Waals surface area contributed by atoms with Crippen LogP contribution in [0, 0.1) is 5.41 Å². The molecule has 0 aliphatic carbocycles. The topological polar surface area (TPSA) is 94.6 Å². The zero-order valence-corrected chi connectivity index (χ0v) is 17.0. The van der Waals surface area contributed by atoms with Gasteiger partial charge in [0.05, 0.1) is 22.3 Å². The van der Waals surface area contributed by atoms with E-state index in [-0.39, 0.29) is 9.79 Å². The number of benzene rings is 2. The van der Waals surface area contributed by atoms with Crippen LogP contribution in [0.1, 0.15) is 20.3 Å². The van der Waals surface area contributed by atoms with Gasteiger partial charge in [-0.3, -0.25) is 4.79 Å². The van der Waals surface area contributed by atoms with Crippen LogP contribution >= 0.6 is 0 Å². The summed E-state index contributed by atoms with van der Waals surface area (Å²) in [6.07, 6.45) is -0.436. The average Bonchev–Trinajstić information content (AvgIpc) is 2.66. The summed E-state index contributed by atoms with van der Waals surface area (Å²) in [6, 6.07) is 14.7. The Labute approximate surface area is 160 Å². The van der Waals surface area contributed by atoms with Crippen LogP contribution < -0.4 is 0 Å². The lowest BCUT2D eigenvalue weighted by Crippen LogP contribution is -2.38. The molecule has 0 spiro atoms. The van der Waals surface area contributed by atoms with Gasteiger partial charge in [-0.1, -0.05) is 36.4 Å². The number of carbonyl (C=O) groups excluding carboxylic acids is 1. The highest BCUT2D eigenvalue weighted by molar-refractivity contribution is 8.09. The molecule has 146 valence electrons. The van der Waals surface area contributed by atoms with Crippen molar-refractivity contribution in [2.75, 3.05) is 7.11 Å². The molecule has 0 amide bonds. The summed E-state index contributed by atoms with van der Waals surface area (Å²) in [6.45, 7) is 2.93. The Balaban J connectivity index is 2.65. The summed E-state index contributed by atoms with van der Waals surface area (Å²) in [5, 5.41) is 0. The second kappa shape index (κ2) is 7.82. The van der Waals surface area contributed by atoms with Crippen molar-refractivity contribution in [1.82, 2.24) is 0 Å². The molecule has 0 saturated heterocycles. The molecule has 0 heterocycles. The summed E-state index contributed by atoms with van der Waals surface area (Å²) in [5.41, 5.74) is -1.32. The SMILES string of the molecule is COC(=O)C(C)(C)CC(S(=O)(=O)c1ccccc1)S(=O)(=O)c1ccccc1. The molecular formula is C19H22O6S2. The highest BCUT2D eigenvalue weighted by Crippen LogP contribution is 2.35. The van der Waals surface area contributed by atoms with Crippen molar-refractivity contribution in [3.05, 3.63) is 60.7 Å². The van der Waals surface area contributed by atoms with E-state index >= 15 is 0 Å². The molecule has 2 aromatic rings. The lowest BCUT2D eigenvalue weighted by atomic mass is 9.90. The maximum absolute atomic E-state index is 13.2. The predicted octanol–water partition coefficient (Wildman–Crippen LogP) is 2.85. The second-order valence-corrected chi connectivity index (χ2v) is 11.3. The Morgan fingerprint density at radius 2 is 1.22 bits per heavy atom. The highest BCUT2D eigenvalue weighted by Gasteiger charge is 2.45. The number of hydrogen-bond acceptors (Lipinski definition) is 6. The molecule has 0 unspecified atom stereocenters. The number of sulfone groups is 2. The van der Waals surface area contributed by atoms with Crippen LogP contribution in [0.2, 0.25) is 0 Å². The average molecular weight is 411 g/mol. The molecule has 0 aromatic heterocycles. The summed E-state index contributed by atoms with van der Waals surface area (Å²) in [7, 11) is -7.38. The third-order valence-electron chi connectivity index (χ3n) is 4.25. The molecule has 0 aliphatic heterocycles. The molecule has 0 atom stereocenters. The van der Waals surface area contributed by atoms with Crippen LogP contribution in [0.5, 0.6) is 0 Å². The van der Waals surface area contributed by atoms with E-state index in [2.05, 4.69) is 0 Å². The minimum absolute atomic E-state index is 0.116. The molecule has 0 fully saturated rings. The van der Waals surface area contributed by atoms with E-state index in [4.69, 9.17) is 4.74 Å². The standard InChI is InChI=1S/C19H22O6S2/c1-19(2,18(20)25-3)14-17(26(21,22)15-10-6-4-7-11-15)27(23,24)16-12-8-5-9-13-16/h4-13,17H,14H2,1-3H3. The lowest BCUT2D eigenvalue weighted by Gasteiger charge is -2.27. The van der Waals surface area contributed by atoms with Gasteiger partial charge in [0.2, 0.25) is 0 Å². The van der Waals surface area contributed by atoms with Crippen molar-refractivity contribution >= 4 is 25.6 Å². The fourth-order valence-corrected chi connectivity index (χ4v) is 7.64. The van der Waals surface area contributed by atoms with Crippen LogP contribution in [0.25, 0.3) is 0 Å². The van der Waals surface area contributed by atoms with Gasteiger partial charge < -0.3 is 4.74 Å². The minimum atomic E-state index is -4.28. The normalized spacial score (nSPS) is 12.7. The van der Waals surface area contributed by atoms with Crippen LogP contribution in [0.4, 0.5) is 0 Å². The van der Waals surface area contributed by atoms with Gasteiger partial charge in [0, 0.05) is 0 Å². The van der Waals surface area contributed by atoms with Crippen molar-refractivity contribution in [2.24, 2.45) is 5.41 Å². The lowest BCUT2D eigenvalue weighted by molar-refractivity contribution is -0.150. The first-order chi connectivity index (χ1) is 12.5. The Morgan fingerprint density at radius 3 is 1.56 bits per heavy atom. The Hall–Kier alpha value is -2.19. The van der Waals surface area contributed by atoms with E-state index in [0.717, 1.165) is 0 Å². The van der Waals surface area contributed by atoms with Crippen molar-refractivity contribution < 1.29 is 26.4 Å². The fraction of sp³-hybridized carbons (Fsp3) is 0.316. The first-order valence-electron chi connectivity index (χ1n) is 8.20.